The number of piperazine rings is 1. The molecule has 6 nitrogen and oxygen atoms in total. The number of nitrogens with zero attached hydrogens (tertiary/aromatic N) is 2. The molecule has 148 valence electrons. The minimum absolute atomic E-state index is 0.0159. The Morgan fingerprint density at radius 1 is 1.11 bits per heavy atom. The molecule has 2 aromatic carbocycles. The first-order chi connectivity index (χ1) is 13.7. The van der Waals surface area contributed by atoms with Crippen molar-refractivity contribution in [3.8, 4) is 5.75 Å². The first kappa shape index (κ1) is 18.8. The van der Waals surface area contributed by atoms with Crippen LogP contribution in [0.5, 0.6) is 5.75 Å². The molecule has 2 aromatic rings. The van der Waals surface area contributed by atoms with Crippen molar-refractivity contribution in [2.75, 3.05) is 45.2 Å². The average molecular weight is 381 g/mol. The van der Waals surface area contributed by atoms with Gasteiger partial charge in [0, 0.05) is 51.8 Å². The topological polar surface area (TPSA) is 54.0 Å². The van der Waals surface area contributed by atoms with Crippen molar-refractivity contribution < 1.29 is 14.3 Å². The van der Waals surface area contributed by atoms with Crippen LogP contribution < -0.4 is 10.1 Å². The average Bonchev–Trinajstić information content (AvgIpc) is 2.75. The molecule has 2 aliphatic rings. The fraction of sp³-hybridized carbons (Fsp3) is 0.409. The molecule has 0 saturated carbocycles. The first-order valence-electron chi connectivity index (χ1n) is 9.85. The molecule has 4 rings (SSSR count). The summed E-state index contributed by atoms with van der Waals surface area (Å²) < 4.78 is 11.4. The van der Waals surface area contributed by atoms with Crippen molar-refractivity contribution in [3.63, 3.8) is 0 Å². The van der Waals surface area contributed by atoms with Crippen LogP contribution in [-0.4, -0.2) is 55.7 Å². The van der Waals surface area contributed by atoms with Crippen LogP contribution in [0.3, 0.4) is 0 Å². The highest BCUT2D eigenvalue weighted by Gasteiger charge is 2.26. The lowest BCUT2D eigenvalue weighted by Crippen LogP contribution is -2.49. The SMILES string of the molecule is COC1CCOc2c(NC(=O)N3CCN(Cc4ccccc4)CC3)cccc21. The molecule has 1 fully saturated rings. The van der Waals surface area contributed by atoms with Gasteiger partial charge in [-0.1, -0.05) is 42.5 Å². The number of fused-ring (bicyclic) bond motifs is 1. The molecule has 0 spiro atoms. The lowest BCUT2D eigenvalue weighted by atomic mass is 10.0. The van der Waals surface area contributed by atoms with Crippen LogP contribution in [0.15, 0.2) is 48.5 Å². The standard InChI is InChI=1S/C22H27N3O3/c1-27-20-10-15-28-21-18(20)8-5-9-19(21)23-22(26)25-13-11-24(12-14-25)16-17-6-3-2-4-7-17/h2-9,20H,10-16H2,1H3,(H,23,26). The number of para-hydroxylation sites is 1. The predicted octanol–water partition coefficient (Wildman–Crippen LogP) is 3.51. The van der Waals surface area contributed by atoms with Gasteiger partial charge >= 0.3 is 6.03 Å². The number of carbonyl (C=O) groups excluding carboxylic acids is 1. The maximum Gasteiger partial charge on any atom is 0.322 e. The van der Waals surface area contributed by atoms with Crippen molar-refractivity contribution in [1.82, 2.24) is 9.80 Å². The molecule has 0 aliphatic carbocycles. The zero-order valence-corrected chi connectivity index (χ0v) is 16.3. The molecular weight excluding hydrogens is 354 g/mol. The van der Waals surface area contributed by atoms with E-state index in [0.717, 1.165) is 56.1 Å². The fourth-order valence-corrected chi connectivity index (χ4v) is 3.88. The second kappa shape index (κ2) is 8.63. The zero-order valence-electron chi connectivity index (χ0n) is 16.3. The molecule has 1 unspecified atom stereocenters. The van der Waals surface area contributed by atoms with Gasteiger partial charge in [0.25, 0.3) is 0 Å². The minimum Gasteiger partial charge on any atom is -0.491 e. The Bertz CT molecular complexity index is 804. The van der Waals surface area contributed by atoms with E-state index >= 15 is 0 Å². The molecule has 2 amide bonds. The van der Waals surface area contributed by atoms with Crippen molar-refractivity contribution in [1.29, 1.82) is 0 Å². The number of hydrogen-bond donors (Lipinski definition) is 1. The number of urea groups is 1. The molecule has 6 heteroatoms. The van der Waals surface area contributed by atoms with E-state index in [4.69, 9.17) is 9.47 Å². The third-order valence-corrected chi connectivity index (χ3v) is 5.45. The Balaban J connectivity index is 1.35. The second-order valence-electron chi connectivity index (χ2n) is 7.26. The summed E-state index contributed by atoms with van der Waals surface area (Å²) >= 11 is 0. The fourth-order valence-electron chi connectivity index (χ4n) is 3.88. The van der Waals surface area contributed by atoms with E-state index < -0.39 is 0 Å². The van der Waals surface area contributed by atoms with Gasteiger partial charge in [-0.2, -0.15) is 0 Å². The first-order valence-corrected chi connectivity index (χ1v) is 9.85. The summed E-state index contributed by atoms with van der Waals surface area (Å²) in [4.78, 5) is 17.0. The number of anilines is 1. The number of carbonyl (C=O) groups is 1. The highest BCUT2D eigenvalue weighted by Crippen LogP contribution is 2.39. The molecule has 1 saturated heterocycles. The Morgan fingerprint density at radius 2 is 1.89 bits per heavy atom. The van der Waals surface area contributed by atoms with E-state index in [1.807, 2.05) is 29.2 Å². The van der Waals surface area contributed by atoms with Crippen LogP contribution in [0.2, 0.25) is 0 Å². The van der Waals surface area contributed by atoms with Gasteiger partial charge in [0.2, 0.25) is 0 Å². The Labute approximate surface area is 166 Å². The molecule has 0 radical (unpaired) electrons. The van der Waals surface area contributed by atoms with Gasteiger partial charge in [0.05, 0.1) is 18.4 Å². The third kappa shape index (κ3) is 4.13. The van der Waals surface area contributed by atoms with E-state index in [2.05, 4.69) is 34.5 Å². The summed E-state index contributed by atoms with van der Waals surface area (Å²) in [6.45, 7) is 4.70. The summed E-state index contributed by atoms with van der Waals surface area (Å²) in [5.41, 5.74) is 3.02. The molecule has 0 aromatic heterocycles. The van der Waals surface area contributed by atoms with E-state index in [1.165, 1.54) is 5.56 Å². The molecule has 28 heavy (non-hydrogen) atoms. The maximum absolute atomic E-state index is 12.8. The maximum atomic E-state index is 12.8. The van der Waals surface area contributed by atoms with Crippen LogP contribution in [-0.2, 0) is 11.3 Å². The van der Waals surface area contributed by atoms with Gasteiger partial charge in [-0.05, 0) is 11.6 Å². The smallest absolute Gasteiger partial charge is 0.322 e. The lowest BCUT2D eigenvalue weighted by Gasteiger charge is -2.35. The van der Waals surface area contributed by atoms with Crippen LogP contribution in [0.25, 0.3) is 0 Å². The molecule has 0 bridgehead atoms. The lowest BCUT2D eigenvalue weighted by molar-refractivity contribution is 0.0639. The Morgan fingerprint density at radius 3 is 2.64 bits per heavy atom. The normalized spacial score (nSPS) is 19.6. The van der Waals surface area contributed by atoms with Crippen molar-refractivity contribution in [3.05, 3.63) is 59.7 Å². The second-order valence-corrected chi connectivity index (χ2v) is 7.26. The molecule has 1 N–H and O–H groups in total. The van der Waals surface area contributed by atoms with E-state index in [0.29, 0.717) is 6.61 Å². The molecule has 2 heterocycles. The van der Waals surface area contributed by atoms with Crippen LogP contribution in [0.1, 0.15) is 23.7 Å². The number of ether oxygens (including phenoxy) is 2. The van der Waals surface area contributed by atoms with Crippen LogP contribution >= 0.6 is 0 Å². The monoisotopic (exact) mass is 381 g/mol. The number of hydrogen-bond acceptors (Lipinski definition) is 4. The van der Waals surface area contributed by atoms with E-state index in [9.17, 15) is 4.79 Å². The Hall–Kier alpha value is -2.57. The summed E-state index contributed by atoms with van der Waals surface area (Å²) in [7, 11) is 1.71. The van der Waals surface area contributed by atoms with Gasteiger partial charge in [0.1, 0.15) is 5.75 Å². The van der Waals surface area contributed by atoms with E-state index in [-0.39, 0.29) is 12.1 Å². The third-order valence-electron chi connectivity index (χ3n) is 5.45. The van der Waals surface area contributed by atoms with Crippen LogP contribution in [0, 0.1) is 0 Å². The number of methoxy groups -OCH3 is 1. The number of nitrogens with one attached hydrogen (secondary N) is 1. The van der Waals surface area contributed by atoms with Gasteiger partial charge in [0.15, 0.2) is 0 Å². The van der Waals surface area contributed by atoms with Gasteiger partial charge in [-0.25, -0.2) is 4.79 Å². The summed E-state index contributed by atoms with van der Waals surface area (Å²) in [6.07, 6.45) is 0.840. The minimum atomic E-state index is -0.0732. The Kier molecular flexibility index (Phi) is 5.78. The van der Waals surface area contributed by atoms with Gasteiger partial charge in [-0.15, -0.1) is 0 Å². The van der Waals surface area contributed by atoms with Gasteiger partial charge < -0.3 is 19.7 Å². The predicted molar refractivity (Wildman–Crippen MR) is 109 cm³/mol. The highest BCUT2D eigenvalue weighted by molar-refractivity contribution is 5.91. The largest absolute Gasteiger partial charge is 0.491 e. The molecule has 1 atom stereocenters. The molecular formula is C22H27N3O3. The quantitative estimate of drug-likeness (QED) is 0.881. The van der Waals surface area contributed by atoms with E-state index in [1.54, 1.807) is 7.11 Å². The number of benzene rings is 2. The van der Waals surface area contributed by atoms with Crippen molar-refractivity contribution in [2.45, 2.75) is 19.1 Å². The summed E-state index contributed by atoms with van der Waals surface area (Å²) in [5, 5.41) is 3.04. The summed E-state index contributed by atoms with van der Waals surface area (Å²) in [5.74, 6) is 0.733. The van der Waals surface area contributed by atoms with Crippen molar-refractivity contribution in [2.24, 2.45) is 0 Å². The zero-order chi connectivity index (χ0) is 19.3. The number of rotatable bonds is 4. The highest BCUT2D eigenvalue weighted by atomic mass is 16.5. The summed E-state index contributed by atoms with van der Waals surface area (Å²) in [6, 6.07) is 16.2. The van der Waals surface area contributed by atoms with Gasteiger partial charge in [-0.3, -0.25) is 4.90 Å². The van der Waals surface area contributed by atoms with Crippen LogP contribution in [0.4, 0.5) is 10.5 Å². The molecule has 2 aliphatic heterocycles. The number of amides is 2. The van der Waals surface area contributed by atoms with Crippen molar-refractivity contribution >= 4 is 11.7 Å².